The molecule has 2 aliphatic carbocycles. The molecule has 190 valence electrons. The van der Waals surface area contributed by atoms with Gasteiger partial charge in [-0.25, -0.2) is 18.0 Å². The predicted octanol–water partition coefficient (Wildman–Crippen LogP) is 6.54. The molecule has 0 aliphatic heterocycles. The Balaban J connectivity index is 1.34. The second-order valence-corrected chi connectivity index (χ2v) is 9.71. The molecule has 2 fully saturated rings. The summed E-state index contributed by atoms with van der Waals surface area (Å²) < 4.78 is 55.1. The maximum absolute atomic E-state index is 15.0. The van der Waals surface area contributed by atoms with Crippen LogP contribution in [0, 0.1) is 17.5 Å². The number of hydrogen-bond acceptors (Lipinski definition) is 4. The molecule has 35 heavy (non-hydrogen) atoms. The fourth-order valence-corrected chi connectivity index (χ4v) is 5.34. The van der Waals surface area contributed by atoms with Crippen molar-refractivity contribution in [2.75, 3.05) is 6.61 Å². The van der Waals surface area contributed by atoms with Crippen molar-refractivity contribution in [2.24, 2.45) is 0 Å². The van der Waals surface area contributed by atoms with Crippen molar-refractivity contribution in [1.82, 2.24) is 0 Å². The van der Waals surface area contributed by atoms with Crippen LogP contribution in [0.15, 0.2) is 30.3 Å². The molecule has 7 heteroatoms. The Hall–Kier alpha value is -2.38. The first kappa shape index (κ1) is 25.7. The lowest BCUT2D eigenvalue weighted by molar-refractivity contribution is 0.0189. The summed E-state index contributed by atoms with van der Waals surface area (Å²) in [5.74, 6) is -3.15. The Labute approximate surface area is 204 Å². The molecular weight excluding hydrogens is 457 g/mol. The molecule has 0 amide bonds. The minimum Gasteiger partial charge on any atom is -0.459 e. The fourth-order valence-electron chi connectivity index (χ4n) is 5.34. The minimum absolute atomic E-state index is 0.0641. The van der Waals surface area contributed by atoms with Crippen LogP contribution in [-0.4, -0.2) is 29.9 Å². The Kier molecular flexibility index (Phi) is 8.50. The Morgan fingerprint density at radius 1 is 0.886 bits per heavy atom. The SMILES string of the molecule is CCOCc1ccc(C(=O)OC2CCC(c3ccc(C4CCC(O)CC4)c(F)c3F)CC2)c(F)c1. The summed E-state index contributed by atoms with van der Waals surface area (Å²) in [5.41, 5.74) is 1.28. The molecule has 2 aliphatic rings. The highest BCUT2D eigenvalue weighted by Crippen LogP contribution is 2.40. The van der Waals surface area contributed by atoms with Crippen molar-refractivity contribution in [3.8, 4) is 0 Å². The molecular formula is C28H33F3O4. The first-order valence-corrected chi connectivity index (χ1v) is 12.6. The molecule has 2 aromatic carbocycles. The maximum Gasteiger partial charge on any atom is 0.341 e. The molecule has 1 N–H and O–H groups in total. The Morgan fingerprint density at radius 3 is 2.00 bits per heavy atom. The average Bonchev–Trinajstić information content (AvgIpc) is 2.85. The van der Waals surface area contributed by atoms with Crippen LogP contribution in [-0.2, 0) is 16.1 Å². The summed E-state index contributed by atoms with van der Waals surface area (Å²) >= 11 is 0. The van der Waals surface area contributed by atoms with Gasteiger partial charge in [-0.3, -0.25) is 0 Å². The van der Waals surface area contributed by atoms with Crippen LogP contribution < -0.4 is 0 Å². The monoisotopic (exact) mass is 490 g/mol. The minimum atomic E-state index is -0.789. The largest absolute Gasteiger partial charge is 0.459 e. The molecule has 0 heterocycles. The van der Waals surface area contributed by atoms with E-state index in [1.54, 1.807) is 18.2 Å². The number of hydrogen-bond donors (Lipinski definition) is 1. The summed E-state index contributed by atoms with van der Waals surface area (Å²) in [5, 5.41) is 9.68. The van der Waals surface area contributed by atoms with E-state index in [9.17, 15) is 18.7 Å². The van der Waals surface area contributed by atoms with E-state index in [1.165, 1.54) is 12.1 Å². The molecule has 4 nitrogen and oxygen atoms in total. The van der Waals surface area contributed by atoms with E-state index in [1.807, 2.05) is 6.92 Å². The summed E-state index contributed by atoms with van der Waals surface area (Å²) in [6, 6.07) is 7.71. The highest BCUT2D eigenvalue weighted by molar-refractivity contribution is 5.89. The third-order valence-corrected chi connectivity index (χ3v) is 7.39. The van der Waals surface area contributed by atoms with Crippen molar-refractivity contribution in [3.05, 3.63) is 70.0 Å². The molecule has 0 bridgehead atoms. The zero-order valence-electron chi connectivity index (χ0n) is 20.1. The van der Waals surface area contributed by atoms with Gasteiger partial charge >= 0.3 is 5.97 Å². The second kappa shape index (κ2) is 11.6. The molecule has 0 unspecified atom stereocenters. The summed E-state index contributed by atoms with van der Waals surface area (Å²) in [7, 11) is 0. The molecule has 0 saturated heterocycles. The van der Waals surface area contributed by atoms with Crippen molar-refractivity contribution in [2.45, 2.75) is 88.9 Å². The number of rotatable bonds is 7. The van der Waals surface area contributed by atoms with Crippen molar-refractivity contribution >= 4 is 5.97 Å². The smallest absolute Gasteiger partial charge is 0.341 e. The first-order chi connectivity index (χ1) is 16.9. The van der Waals surface area contributed by atoms with E-state index in [2.05, 4.69) is 0 Å². The number of aliphatic hydroxyl groups is 1. The van der Waals surface area contributed by atoms with Crippen molar-refractivity contribution in [1.29, 1.82) is 0 Å². The highest BCUT2D eigenvalue weighted by Gasteiger charge is 2.30. The number of carbonyl (C=O) groups is 1. The van der Waals surface area contributed by atoms with Crippen LogP contribution in [0.5, 0.6) is 0 Å². The number of ether oxygens (including phenoxy) is 2. The van der Waals surface area contributed by atoms with E-state index in [4.69, 9.17) is 9.47 Å². The molecule has 0 atom stereocenters. The van der Waals surface area contributed by atoms with Gasteiger partial charge in [0.1, 0.15) is 11.9 Å². The third-order valence-electron chi connectivity index (χ3n) is 7.39. The van der Waals surface area contributed by atoms with Gasteiger partial charge in [0.25, 0.3) is 0 Å². The molecule has 0 radical (unpaired) electrons. The van der Waals surface area contributed by atoms with Gasteiger partial charge in [-0.1, -0.05) is 18.2 Å². The lowest BCUT2D eigenvalue weighted by Gasteiger charge is -2.30. The van der Waals surface area contributed by atoms with Crippen molar-refractivity contribution < 1.29 is 32.5 Å². The van der Waals surface area contributed by atoms with Gasteiger partial charge in [-0.2, -0.15) is 0 Å². The van der Waals surface area contributed by atoms with Gasteiger partial charge in [-0.05, 0) is 98.9 Å². The normalized spacial score (nSPS) is 24.8. The molecule has 4 rings (SSSR count). The van der Waals surface area contributed by atoms with E-state index >= 15 is 4.39 Å². The lowest BCUT2D eigenvalue weighted by atomic mass is 9.79. The van der Waals surface area contributed by atoms with Crippen LogP contribution in [0.2, 0.25) is 0 Å². The second-order valence-electron chi connectivity index (χ2n) is 9.71. The van der Waals surface area contributed by atoms with Crippen LogP contribution in [0.25, 0.3) is 0 Å². The molecule has 0 aromatic heterocycles. The van der Waals surface area contributed by atoms with Gasteiger partial charge in [-0.15, -0.1) is 0 Å². The summed E-state index contributed by atoms with van der Waals surface area (Å²) in [6.45, 7) is 2.63. The zero-order valence-corrected chi connectivity index (χ0v) is 20.1. The highest BCUT2D eigenvalue weighted by atomic mass is 19.2. The Morgan fingerprint density at radius 2 is 1.46 bits per heavy atom. The van der Waals surface area contributed by atoms with E-state index in [0.29, 0.717) is 74.7 Å². The van der Waals surface area contributed by atoms with Crippen molar-refractivity contribution in [3.63, 3.8) is 0 Å². The van der Waals surface area contributed by atoms with Gasteiger partial charge in [0, 0.05) is 6.61 Å². The van der Waals surface area contributed by atoms with Crippen LogP contribution in [0.4, 0.5) is 13.2 Å². The summed E-state index contributed by atoms with van der Waals surface area (Å²) in [6.07, 6.45) is 3.91. The first-order valence-electron chi connectivity index (χ1n) is 12.6. The Bertz CT molecular complexity index is 1030. The standard InChI is InChI=1S/C28H33F3O4/c1-2-34-16-17-3-12-24(25(29)15-17)28(33)35-21-10-6-19(7-11-21)23-14-13-22(26(30)27(23)31)18-4-8-20(32)9-5-18/h3,12-15,18-21,32H,2,4-11,16H2,1H3. The number of aliphatic hydroxyl groups excluding tert-OH is 1. The van der Waals surface area contributed by atoms with Gasteiger partial charge in [0.15, 0.2) is 11.6 Å². The lowest BCUT2D eigenvalue weighted by Crippen LogP contribution is -2.25. The van der Waals surface area contributed by atoms with Gasteiger partial charge in [0.05, 0.1) is 18.3 Å². The number of halogens is 3. The third kappa shape index (κ3) is 6.07. The molecule has 0 spiro atoms. The zero-order chi connectivity index (χ0) is 24.9. The fraction of sp³-hybridized carbons (Fsp3) is 0.536. The number of esters is 1. The topological polar surface area (TPSA) is 55.8 Å². The summed E-state index contributed by atoms with van der Waals surface area (Å²) in [4.78, 5) is 12.5. The van der Waals surface area contributed by atoms with E-state index in [0.717, 1.165) is 0 Å². The number of carbonyl (C=O) groups excluding carboxylic acids is 1. The predicted molar refractivity (Wildman–Crippen MR) is 126 cm³/mol. The molecule has 2 saturated carbocycles. The quantitative estimate of drug-likeness (QED) is 0.448. The van der Waals surface area contributed by atoms with E-state index in [-0.39, 0.29) is 36.2 Å². The van der Waals surface area contributed by atoms with Crippen LogP contribution in [0.1, 0.15) is 97.2 Å². The number of benzene rings is 2. The van der Waals surface area contributed by atoms with Crippen LogP contribution >= 0.6 is 0 Å². The maximum atomic E-state index is 15.0. The van der Waals surface area contributed by atoms with Crippen LogP contribution in [0.3, 0.4) is 0 Å². The van der Waals surface area contributed by atoms with Gasteiger partial charge in [0.2, 0.25) is 0 Å². The average molecular weight is 491 g/mol. The molecule has 2 aromatic rings. The van der Waals surface area contributed by atoms with Gasteiger partial charge < -0.3 is 14.6 Å². The van der Waals surface area contributed by atoms with E-state index < -0.39 is 23.4 Å².